The number of aromatic hydroxyl groups is 1. The molecule has 5 nitrogen and oxygen atoms in total. The lowest BCUT2D eigenvalue weighted by molar-refractivity contribution is -0.161. The highest BCUT2D eigenvalue weighted by atomic mass is 16.6. The SMILES string of the molecule is COCCOC(Cc1ccc(O)cc1)C(=O)OC(C)C. The van der Waals surface area contributed by atoms with E-state index in [4.69, 9.17) is 14.2 Å². The Hall–Kier alpha value is -1.59. The Morgan fingerprint density at radius 2 is 1.85 bits per heavy atom. The van der Waals surface area contributed by atoms with Crippen molar-refractivity contribution < 1.29 is 24.1 Å². The van der Waals surface area contributed by atoms with Crippen molar-refractivity contribution in [3.63, 3.8) is 0 Å². The van der Waals surface area contributed by atoms with Crippen LogP contribution in [0.3, 0.4) is 0 Å². The third kappa shape index (κ3) is 6.04. The molecule has 0 aliphatic carbocycles. The predicted molar refractivity (Wildman–Crippen MR) is 74.7 cm³/mol. The number of phenols is 1. The van der Waals surface area contributed by atoms with Crippen molar-refractivity contribution in [1.82, 2.24) is 0 Å². The van der Waals surface area contributed by atoms with Crippen molar-refractivity contribution in [2.24, 2.45) is 0 Å². The van der Waals surface area contributed by atoms with Crippen LogP contribution in [0.2, 0.25) is 0 Å². The van der Waals surface area contributed by atoms with E-state index in [-0.39, 0.29) is 17.8 Å². The molecule has 0 bridgehead atoms. The minimum Gasteiger partial charge on any atom is -0.508 e. The van der Waals surface area contributed by atoms with Gasteiger partial charge in [-0.2, -0.15) is 0 Å². The van der Waals surface area contributed by atoms with Gasteiger partial charge in [-0.1, -0.05) is 12.1 Å². The van der Waals surface area contributed by atoms with Crippen LogP contribution in [0.15, 0.2) is 24.3 Å². The summed E-state index contributed by atoms with van der Waals surface area (Å²) in [5.41, 5.74) is 0.894. The molecule has 1 N–H and O–H groups in total. The molecule has 1 rings (SSSR count). The van der Waals surface area contributed by atoms with Crippen LogP contribution >= 0.6 is 0 Å². The van der Waals surface area contributed by atoms with E-state index in [0.29, 0.717) is 19.6 Å². The minimum absolute atomic E-state index is 0.184. The molecule has 0 radical (unpaired) electrons. The molecule has 0 amide bonds. The van der Waals surface area contributed by atoms with Gasteiger partial charge in [-0.15, -0.1) is 0 Å². The average Bonchev–Trinajstić information content (AvgIpc) is 2.39. The van der Waals surface area contributed by atoms with Crippen LogP contribution in [0.4, 0.5) is 0 Å². The third-order valence-electron chi connectivity index (χ3n) is 2.58. The van der Waals surface area contributed by atoms with E-state index in [9.17, 15) is 9.90 Å². The Morgan fingerprint density at radius 1 is 1.20 bits per heavy atom. The number of esters is 1. The first-order chi connectivity index (χ1) is 9.52. The second-order valence-electron chi connectivity index (χ2n) is 4.71. The van der Waals surface area contributed by atoms with E-state index >= 15 is 0 Å². The lowest BCUT2D eigenvalue weighted by Gasteiger charge is -2.18. The summed E-state index contributed by atoms with van der Waals surface area (Å²) in [6.07, 6.45) is -0.455. The lowest BCUT2D eigenvalue weighted by Crippen LogP contribution is -2.31. The maximum Gasteiger partial charge on any atom is 0.335 e. The summed E-state index contributed by atoms with van der Waals surface area (Å²) < 4.78 is 15.6. The summed E-state index contributed by atoms with van der Waals surface area (Å²) in [5.74, 6) is -0.195. The maximum absolute atomic E-state index is 12.0. The first-order valence-electron chi connectivity index (χ1n) is 6.62. The highest BCUT2D eigenvalue weighted by Gasteiger charge is 2.22. The number of hydrogen-bond acceptors (Lipinski definition) is 5. The van der Waals surface area contributed by atoms with Gasteiger partial charge in [-0.05, 0) is 31.5 Å². The molecule has 0 aliphatic rings. The molecule has 0 saturated carbocycles. The zero-order valence-electron chi connectivity index (χ0n) is 12.2. The van der Waals surface area contributed by atoms with Crippen molar-refractivity contribution in [1.29, 1.82) is 0 Å². The average molecular weight is 282 g/mol. The summed E-state index contributed by atoms with van der Waals surface area (Å²) in [6, 6.07) is 6.67. The number of phenolic OH excluding ortho intramolecular Hbond substituents is 1. The molecular weight excluding hydrogens is 260 g/mol. The topological polar surface area (TPSA) is 65.0 Å². The molecule has 0 aliphatic heterocycles. The van der Waals surface area contributed by atoms with Crippen molar-refractivity contribution in [3.05, 3.63) is 29.8 Å². The van der Waals surface area contributed by atoms with Crippen LogP contribution in [0.5, 0.6) is 5.75 Å². The largest absolute Gasteiger partial charge is 0.508 e. The fourth-order valence-corrected chi connectivity index (χ4v) is 1.64. The zero-order valence-corrected chi connectivity index (χ0v) is 12.2. The molecule has 1 atom stereocenters. The minimum atomic E-state index is -0.669. The first-order valence-corrected chi connectivity index (χ1v) is 6.62. The van der Waals surface area contributed by atoms with Crippen molar-refractivity contribution in [3.8, 4) is 5.75 Å². The van der Waals surface area contributed by atoms with Gasteiger partial charge in [0.05, 0.1) is 19.3 Å². The molecule has 0 aromatic heterocycles. The Balaban J connectivity index is 2.65. The van der Waals surface area contributed by atoms with Crippen LogP contribution in [0, 0.1) is 0 Å². The highest BCUT2D eigenvalue weighted by molar-refractivity contribution is 5.75. The van der Waals surface area contributed by atoms with Crippen molar-refractivity contribution in [2.45, 2.75) is 32.5 Å². The number of carbonyl (C=O) groups excluding carboxylic acids is 1. The van der Waals surface area contributed by atoms with Crippen LogP contribution < -0.4 is 0 Å². The van der Waals surface area contributed by atoms with Gasteiger partial charge in [0.25, 0.3) is 0 Å². The number of benzene rings is 1. The summed E-state index contributed by atoms with van der Waals surface area (Å²) in [5, 5.41) is 9.25. The van der Waals surface area contributed by atoms with Gasteiger partial charge in [-0.25, -0.2) is 4.79 Å². The van der Waals surface area contributed by atoms with Crippen LogP contribution in [0.25, 0.3) is 0 Å². The number of hydrogen-bond donors (Lipinski definition) is 1. The van der Waals surface area contributed by atoms with E-state index < -0.39 is 6.10 Å². The Morgan fingerprint density at radius 3 is 2.40 bits per heavy atom. The quantitative estimate of drug-likeness (QED) is 0.583. The van der Waals surface area contributed by atoms with Gasteiger partial charge < -0.3 is 19.3 Å². The Kier molecular flexibility index (Phi) is 7.04. The van der Waals surface area contributed by atoms with Crippen molar-refractivity contribution in [2.75, 3.05) is 20.3 Å². The molecule has 112 valence electrons. The van der Waals surface area contributed by atoms with E-state index in [1.54, 1.807) is 45.2 Å². The molecule has 0 saturated heterocycles. The Bertz CT molecular complexity index is 399. The molecule has 0 fully saturated rings. The van der Waals surface area contributed by atoms with Crippen LogP contribution in [-0.2, 0) is 25.4 Å². The smallest absolute Gasteiger partial charge is 0.335 e. The molecule has 1 aromatic carbocycles. The molecule has 5 heteroatoms. The first kappa shape index (κ1) is 16.5. The molecule has 0 heterocycles. The molecule has 0 spiro atoms. The summed E-state index contributed by atoms with van der Waals surface area (Å²) in [7, 11) is 1.57. The Labute approximate surface area is 119 Å². The summed E-state index contributed by atoms with van der Waals surface area (Å²) in [4.78, 5) is 12.0. The van der Waals surface area contributed by atoms with E-state index in [0.717, 1.165) is 5.56 Å². The number of methoxy groups -OCH3 is 1. The third-order valence-corrected chi connectivity index (χ3v) is 2.58. The fraction of sp³-hybridized carbons (Fsp3) is 0.533. The zero-order chi connectivity index (χ0) is 15.0. The van der Waals surface area contributed by atoms with Gasteiger partial charge in [-0.3, -0.25) is 0 Å². The number of ether oxygens (including phenoxy) is 3. The maximum atomic E-state index is 12.0. The van der Waals surface area contributed by atoms with Gasteiger partial charge in [0.2, 0.25) is 0 Å². The van der Waals surface area contributed by atoms with E-state index in [1.807, 2.05) is 0 Å². The van der Waals surface area contributed by atoms with Crippen molar-refractivity contribution >= 4 is 5.97 Å². The van der Waals surface area contributed by atoms with Gasteiger partial charge >= 0.3 is 5.97 Å². The standard InChI is InChI=1S/C15H22O5/c1-11(2)20-15(17)14(19-9-8-18-3)10-12-4-6-13(16)7-5-12/h4-7,11,14,16H,8-10H2,1-3H3. The lowest BCUT2D eigenvalue weighted by atomic mass is 10.1. The summed E-state index contributed by atoms with van der Waals surface area (Å²) >= 11 is 0. The normalized spacial score (nSPS) is 12.4. The molecular formula is C15H22O5. The highest BCUT2D eigenvalue weighted by Crippen LogP contribution is 2.13. The van der Waals surface area contributed by atoms with E-state index in [2.05, 4.69) is 0 Å². The fourth-order valence-electron chi connectivity index (χ4n) is 1.64. The van der Waals surface area contributed by atoms with Gasteiger partial charge in [0.15, 0.2) is 6.10 Å². The second kappa shape index (κ2) is 8.55. The summed E-state index contributed by atoms with van der Waals surface area (Å²) in [6.45, 7) is 4.34. The van der Waals surface area contributed by atoms with E-state index in [1.165, 1.54) is 0 Å². The molecule has 20 heavy (non-hydrogen) atoms. The van der Waals surface area contributed by atoms with Gasteiger partial charge in [0, 0.05) is 13.5 Å². The number of carbonyl (C=O) groups is 1. The molecule has 1 aromatic rings. The predicted octanol–water partition coefficient (Wildman–Crippen LogP) is 1.92. The van der Waals surface area contributed by atoms with Gasteiger partial charge in [0.1, 0.15) is 5.75 Å². The molecule has 1 unspecified atom stereocenters. The monoisotopic (exact) mass is 282 g/mol. The van der Waals surface area contributed by atoms with Crippen LogP contribution in [0.1, 0.15) is 19.4 Å². The second-order valence-corrected chi connectivity index (χ2v) is 4.71. The number of rotatable bonds is 8. The van der Waals surface area contributed by atoms with Crippen LogP contribution in [-0.4, -0.2) is 43.6 Å².